The molecule has 2 N–H and O–H groups in total. The Kier molecular flexibility index (Phi) is 3.80. The van der Waals surface area contributed by atoms with Gasteiger partial charge in [0, 0.05) is 36.4 Å². The molecule has 1 aliphatic heterocycles. The minimum Gasteiger partial charge on any atom is -0.497 e. The molecular formula is C22H20N6O3. The number of benzene rings is 1. The average molecular weight is 416 g/mol. The fraction of sp³-hybridized carbons (Fsp3) is 0.273. The topological polar surface area (TPSA) is 108 Å². The zero-order valence-electron chi connectivity index (χ0n) is 16.9. The first-order chi connectivity index (χ1) is 15.1. The number of carbonyl (C=O) groups is 1. The van der Waals surface area contributed by atoms with Gasteiger partial charge < -0.3 is 9.64 Å². The van der Waals surface area contributed by atoms with Gasteiger partial charge in [-0.25, -0.2) is 9.50 Å². The Bertz CT molecular complexity index is 1410. The molecule has 0 unspecified atom stereocenters. The van der Waals surface area contributed by atoms with Gasteiger partial charge in [-0.1, -0.05) is 0 Å². The van der Waals surface area contributed by atoms with Crippen molar-refractivity contribution in [2.75, 3.05) is 13.7 Å². The van der Waals surface area contributed by atoms with Crippen LogP contribution < -0.4 is 10.3 Å². The number of aryl methyl sites for hydroxylation is 1. The highest BCUT2D eigenvalue weighted by molar-refractivity contribution is 5.96. The van der Waals surface area contributed by atoms with Crippen LogP contribution in [0.25, 0.3) is 16.9 Å². The van der Waals surface area contributed by atoms with E-state index in [1.807, 2.05) is 18.2 Å². The Hall–Kier alpha value is -3.88. The molecule has 4 heterocycles. The molecule has 0 spiro atoms. The predicted molar refractivity (Wildman–Crippen MR) is 112 cm³/mol. The highest BCUT2D eigenvalue weighted by atomic mass is 16.5. The van der Waals surface area contributed by atoms with Crippen LogP contribution in [0.1, 0.15) is 32.9 Å². The smallest absolute Gasteiger partial charge is 0.277 e. The lowest BCUT2D eigenvalue weighted by atomic mass is 9.88. The number of nitrogens with one attached hydrogen (secondary N) is 2. The third kappa shape index (κ3) is 2.62. The van der Waals surface area contributed by atoms with Crippen molar-refractivity contribution in [2.45, 2.75) is 25.8 Å². The number of H-pyrrole nitrogens is 2. The standard InChI is InChI=1S/C22H20N6O3/c1-31-13-3-5-14-12(10-13)2-4-15-19(14)25-26-20(15)22(30)27-9-7-17-16(11-27)21(29)28-18(24-17)6-8-23-28/h3,5-6,8,10,23H,2,4,7,9,11H2,1H3,(H,25,26). The van der Waals surface area contributed by atoms with Crippen LogP contribution in [0.2, 0.25) is 0 Å². The number of rotatable bonds is 2. The summed E-state index contributed by atoms with van der Waals surface area (Å²) in [6.07, 6.45) is 3.78. The highest BCUT2D eigenvalue weighted by Gasteiger charge is 2.31. The number of hydrogen-bond donors (Lipinski definition) is 2. The average Bonchev–Trinajstić information content (AvgIpc) is 3.45. The van der Waals surface area contributed by atoms with Gasteiger partial charge in [0.25, 0.3) is 11.5 Å². The van der Waals surface area contributed by atoms with Gasteiger partial charge >= 0.3 is 0 Å². The first-order valence-corrected chi connectivity index (χ1v) is 10.3. The van der Waals surface area contributed by atoms with E-state index >= 15 is 0 Å². The summed E-state index contributed by atoms with van der Waals surface area (Å²) in [7, 11) is 1.65. The molecule has 4 aromatic rings. The molecule has 0 fully saturated rings. The van der Waals surface area contributed by atoms with Crippen LogP contribution in [0.3, 0.4) is 0 Å². The van der Waals surface area contributed by atoms with Crippen LogP contribution in [0.5, 0.6) is 5.75 Å². The summed E-state index contributed by atoms with van der Waals surface area (Å²) in [6.45, 7) is 0.754. The maximum absolute atomic E-state index is 13.4. The van der Waals surface area contributed by atoms with Crippen molar-refractivity contribution in [3.8, 4) is 17.0 Å². The first kappa shape index (κ1) is 17.9. The number of carbonyl (C=O) groups excluding carboxylic acids is 1. The SMILES string of the molecule is COc1ccc2c(c1)CCc1c-2n[nH]c1C(=O)N1CCc2nc3cc[nH]n3c(=O)c2C1. The van der Waals surface area contributed by atoms with Crippen LogP contribution in [-0.4, -0.2) is 49.3 Å². The van der Waals surface area contributed by atoms with E-state index in [-0.39, 0.29) is 18.0 Å². The lowest BCUT2D eigenvalue weighted by Gasteiger charge is -2.28. The van der Waals surface area contributed by atoms with Crippen molar-refractivity contribution in [2.24, 2.45) is 0 Å². The Labute approximate surface area is 176 Å². The second-order valence-corrected chi connectivity index (χ2v) is 7.92. The van der Waals surface area contributed by atoms with E-state index in [4.69, 9.17) is 4.74 Å². The Morgan fingerprint density at radius 3 is 2.94 bits per heavy atom. The summed E-state index contributed by atoms with van der Waals surface area (Å²) in [6, 6.07) is 7.70. The summed E-state index contributed by atoms with van der Waals surface area (Å²) in [5.74, 6) is 0.685. The maximum Gasteiger partial charge on any atom is 0.277 e. The Morgan fingerprint density at radius 2 is 2.06 bits per heavy atom. The van der Waals surface area contributed by atoms with Gasteiger partial charge in [0.2, 0.25) is 0 Å². The van der Waals surface area contributed by atoms with Crippen molar-refractivity contribution in [3.63, 3.8) is 0 Å². The Morgan fingerprint density at radius 1 is 1.16 bits per heavy atom. The number of hydrogen-bond acceptors (Lipinski definition) is 5. The quantitative estimate of drug-likeness (QED) is 0.517. The number of ether oxygens (including phenoxy) is 1. The van der Waals surface area contributed by atoms with Gasteiger partial charge in [-0.05, 0) is 36.6 Å². The van der Waals surface area contributed by atoms with Crippen LogP contribution in [0.4, 0.5) is 0 Å². The third-order valence-corrected chi connectivity index (χ3v) is 6.27. The molecule has 6 rings (SSSR count). The molecule has 0 saturated carbocycles. The molecule has 9 nitrogen and oxygen atoms in total. The molecule has 3 aromatic heterocycles. The van der Waals surface area contributed by atoms with Gasteiger partial charge in [-0.15, -0.1) is 0 Å². The minimum absolute atomic E-state index is 0.132. The summed E-state index contributed by atoms with van der Waals surface area (Å²) >= 11 is 0. The first-order valence-electron chi connectivity index (χ1n) is 10.3. The number of aromatic nitrogens is 5. The van der Waals surface area contributed by atoms with Gasteiger partial charge in [0.15, 0.2) is 5.65 Å². The molecule has 0 bridgehead atoms. The lowest BCUT2D eigenvalue weighted by Crippen LogP contribution is -2.40. The predicted octanol–water partition coefficient (Wildman–Crippen LogP) is 1.72. The van der Waals surface area contributed by atoms with Crippen molar-refractivity contribution in [3.05, 3.63) is 68.9 Å². The van der Waals surface area contributed by atoms with Crippen LogP contribution in [0, 0.1) is 0 Å². The van der Waals surface area contributed by atoms with Gasteiger partial charge in [0.05, 0.1) is 30.6 Å². The monoisotopic (exact) mass is 416 g/mol. The molecule has 1 aliphatic carbocycles. The second-order valence-electron chi connectivity index (χ2n) is 7.92. The number of methoxy groups -OCH3 is 1. The fourth-order valence-electron chi connectivity index (χ4n) is 4.65. The molecule has 0 atom stereocenters. The molecule has 156 valence electrons. The molecular weight excluding hydrogens is 396 g/mol. The van der Waals surface area contributed by atoms with Gasteiger partial charge in [-0.2, -0.15) is 5.10 Å². The van der Waals surface area contributed by atoms with Crippen molar-refractivity contribution < 1.29 is 9.53 Å². The maximum atomic E-state index is 13.4. The Balaban J connectivity index is 1.34. The molecule has 1 amide bonds. The van der Waals surface area contributed by atoms with E-state index in [1.54, 1.807) is 24.3 Å². The van der Waals surface area contributed by atoms with Crippen molar-refractivity contribution >= 4 is 11.6 Å². The van der Waals surface area contributed by atoms with Crippen LogP contribution >= 0.6 is 0 Å². The number of aromatic amines is 2. The van der Waals surface area contributed by atoms with Crippen LogP contribution in [0.15, 0.2) is 35.3 Å². The van der Waals surface area contributed by atoms with E-state index in [2.05, 4.69) is 20.3 Å². The normalized spacial score (nSPS) is 14.8. The summed E-state index contributed by atoms with van der Waals surface area (Å²) in [4.78, 5) is 32.5. The lowest BCUT2D eigenvalue weighted by molar-refractivity contribution is 0.0725. The zero-order chi connectivity index (χ0) is 21.1. The zero-order valence-corrected chi connectivity index (χ0v) is 16.9. The van der Waals surface area contributed by atoms with Crippen molar-refractivity contribution in [1.29, 1.82) is 0 Å². The number of fused-ring (bicyclic) bond motifs is 5. The highest BCUT2D eigenvalue weighted by Crippen LogP contribution is 2.36. The van der Waals surface area contributed by atoms with E-state index in [9.17, 15) is 9.59 Å². The molecule has 31 heavy (non-hydrogen) atoms. The second kappa shape index (κ2) is 6.56. The number of amides is 1. The molecule has 1 aromatic carbocycles. The third-order valence-electron chi connectivity index (χ3n) is 6.27. The van der Waals surface area contributed by atoms with Crippen molar-refractivity contribution in [1.82, 2.24) is 29.7 Å². The van der Waals surface area contributed by atoms with E-state index in [0.717, 1.165) is 41.1 Å². The summed E-state index contributed by atoms with van der Waals surface area (Å²) in [5, 5.41) is 10.3. The molecule has 2 aliphatic rings. The van der Waals surface area contributed by atoms with E-state index in [1.165, 1.54) is 10.1 Å². The fourth-order valence-corrected chi connectivity index (χ4v) is 4.65. The molecule has 0 saturated heterocycles. The van der Waals surface area contributed by atoms with Gasteiger partial charge in [-0.3, -0.25) is 19.8 Å². The van der Waals surface area contributed by atoms with Crippen LogP contribution in [-0.2, 0) is 25.8 Å². The summed E-state index contributed by atoms with van der Waals surface area (Å²) in [5.41, 5.74) is 6.22. The van der Waals surface area contributed by atoms with E-state index < -0.39 is 0 Å². The summed E-state index contributed by atoms with van der Waals surface area (Å²) < 4.78 is 6.74. The van der Waals surface area contributed by atoms with Gasteiger partial charge in [0.1, 0.15) is 11.4 Å². The molecule has 0 radical (unpaired) electrons. The number of nitrogens with zero attached hydrogens (tertiary/aromatic N) is 4. The van der Waals surface area contributed by atoms with E-state index in [0.29, 0.717) is 29.9 Å². The molecule has 9 heteroatoms. The largest absolute Gasteiger partial charge is 0.497 e. The minimum atomic E-state index is -0.156.